The molecular weight excluding hydrogens is 610 g/mol. The van der Waals surface area contributed by atoms with Crippen molar-refractivity contribution in [3.8, 4) is 5.75 Å². The van der Waals surface area contributed by atoms with Crippen LogP contribution in [0.2, 0.25) is 0 Å². The second kappa shape index (κ2) is 11.3. The largest absolute Gasteiger partial charge is 0.462 e. The summed E-state index contributed by atoms with van der Waals surface area (Å²) in [6.45, 7) is 4.55. The molecule has 0 aliphatic carbocycles. The van der Waals surface area contributed by atoms with Gasteiger partial charge in [-0.3, -0.25) is 9.35 Å². The molecule has 0 saturated heterocycles. The smallest absolute Gasteiger partial charge is 0.450 e. The highest BCUT2D eigenvalue weighted by atomic mass is 32.3. The lowest BCUT2D eigenvalue weighted by Gasteiger charge is -2.30. The topological polar surface area (TPSA) is 150 Å². The van der Waals surface area contributed by atoms with E-state index in [-0.39, 0.29) is 18.1 Å². The number of halogens is 6. The lowest BCUT2D eigenvalue weighted by atomic mass is 9.91. The fraction of sp³-hybridized carbons (Fsp3) is 0.600. The van der Waals surface area contributed by atoms with E-state index in [9.17, 15) is 52.8 Å². The first-order valence-electron chi connectivity index (χ1n) is 10.5. The van der Waals surface area contributed by atoms with Crippen LogP contribution >= 0.6 is 10.0 Å². The molecule has 0 fully saturated rings. The van der Waals surface area contributed by atoms with E-state index in [2.05, 4.69) is 4.18 Å². The molecule has 0 atom stereocenters. The molecule has 1 rings (SSSR count). The molecule has 19 heteroatoms. The summed E-state index contributed by atoms with van der Waals surface area (Å²) in [7, 11) is -16.6. The van der Waals surface area contributed by atoms with E-state index in [1.165, 1.54) is 12.5 Å². The van der Waals surface area contributed by atoms with Gasteiger partial charge in [0, 0.05) is 0 Å². The molecule has 1 N–H and O–H groups in total. The first-order chi connectivity index (χ1) is 17.3. The first-order valence-corrected chi connectivity index (χ1v) is 15.8. The summed E-state index contributed by atoms with van der Waals surface area (Å²) in [5, 5.41) is -14.5. The van der Waals surface area contributed by atoms with Gasteiger partial charge in [0.15, 0.2) is 0 Å². The summed E-state index contributed by atoms with van der Waals surface area (Å²) in [6, 6.07) is 3.24. The zero-order valence-electron chi connectivity index (χ0n) is 21.0. The van der Waals surface area contributed by atoms with E-state index in [0.717, 1.165) is 12.1 Å². The zero-order valence-corrected chi connectivity index (χ0v) is 23.5. The van der Waals surface area contributed by atoms with Crippen molar-refractivity contribution < 1.29 is 71.0 Å². The van der Waals surface area contributed by atoms with Crippen molar-refractivity contribution >= 4 is 41.5 Å². The van der Waals surface area contributed by atoms with Crippen molar-refractivity contribution in [2.45, 2.75) is 48.5 Å². The minimum atomic E-state index is -7.18. The molecule has 39 heavy (non-hydrogen) atoms. The SMILES string of the molecule is CCC(C)(C)C(=O)OCCOC(=O)S(C)(C)c1ccc(OS(=O)(=O)C(F)(F)C(F)(F)C(F)(F)S(=O)(=O)O)cc1. The van der Waals surface area contributed by atoms with E-state index >= 15 is 0 Å². The van der Waals surface area contributed by atoms with Crippen molar-refractivity contribution in [3.63, 3.8) is 0 Å². The lowest BCUT2D eigenvalue weighted by molar-refractivity contribution is -0.247. The Labute approximate surface area is 222 Å². The Morgan fingerprint density at radius 3 is 1.74 bits per heavy atom. The Hall–Kier alpha value is -2.25. The van der Waals surface area contributed by atoms with Crippen LogP contribution < -0.4 is 4.18 Å². The van der Waals surface area contributed by atoms with Crippen LogP contribution in [0.3, 0.4) is 0 Å². The van der Waals surface area contributed by atoms with E-state index in [1.54, 1.807) is 20.8 Å². The number of benzene rings is 1. The molecule has 0 saturated carbocycles. The van der Waals surface area contributed by atoms with Gasteiger partial charge in [-0.1, -0.05) is 6.92 Å². The van der Waals surface area contributed by atoms with Crippen LogP contribution in [-0.4, -0.2) is 74.8 Å². The minimum Gasteiger partial charge on any atom is -0.462 e. The Morgan fingerprint density at radius 2 is 1.31 bits per heavy atom. The van der Waals surface area contributed by atoms with Gasteiger partial charge >= 0.3 is 47.9 Å². The number of hydrogen-bond donors (Lipinski definition) is 1. The van der Waals surface area contributed by atoms with Gasteiger partial charge in [0.25, 0.3) is 0 Å². The molecule has 0 radical (unpaired) electrons. The first kappa shape index (κ1) is 34.8. The van der Waals surface area contributed by atoms with Gasteiger partial charge < -0.3 is 13.7 Å². The van der Waals surface area contributed by atoms with Gasteiger partial charge in [-0.25, -0.2) is 4.79 Å². The van der Waals surface area contributed by atoms with Crippen LogP contribution in [0.25, 0.3) is 0 Å². The summed E-state index contributed by atoms with van der Waals surface area (Å²) >= 11 is 0. The Kier molecular flexibility index (Phi) is 10.1. The van der Waals surface area contributed by atoms with Crippen LogP contribution in [-0.2, 0) is 34.5 Å². The van der Waals surface area contributed by atoms with Crippen molar-refractivity contribution in [2.24, 2.45) is 5.41 Å². The van der Waals surface area contributed by atoms with Crippen LogP contribution in [0.1, 0.15) is 27.2 Å². The third-order valence-corrected chi connectivity index (χ3v) is 9.98. The number of ether oxygens (including phenoxy) is 2. The molecule has 0 amide bonds. The number of rotatable bonds is 12. The van der Waals surface area contributed by atoms with Crippen LogP contribution in [0.5, 0.6) is 5.75 Å². The van der Waals surface area contributed by atoms with Gasteiger partial charge in [0.1, 0.15) is 19.0 Å². The highest BCUT2D eigenvalue weighted by molar-refractivity contribution is 8.44. The fourth-order valence-electron chi connectivity index (χ4n) is 2.35. The molecular formula is C20H26F6O10S3. The summed E-state index contributed by atoms with van der Waals surface area (Å²) in [6.07, 6.45) is 3.33. The van der Waals surface area contributed by atoms with Crippen molar-refractivity contribution in [1.29, 1.82) is 0 Å². The third kappa shape index (κ3) is 6.91. The molecule has 10 nitrogen and oxygen atoms in total. The van der Waals surface area contributed by atoms with Gasteiger partial charge in [-0.05, 0) is 61.9 Å². The second-order valence-electron chi connectivity index (χ2n) is 8.89. The van der Waals surface area contributed by atoms with E-state index in [4.69, 9.17) is 14.0 Å². The summed E-state index contributed by atoms with van der Waals surface area (Å²) in [5.41, 5.74) is -0.747. The van der Waals surface area contributed by atoms with Gasteiger partial charge in [0.05, 0.1) is 5.41 Å². The van der Waals surface area contributed by atoms with E-state index in [1.807, 2.05) is 0 Å². The summed E-state index contributed by atoms with van der Waals surface area (Å²) in [4.78, 5) is 24.6. The van der Waals surface area contributed by atoms with Gasteiger partial charge in [0.2, 0.25) is 0 Å². The molecule has 0 aliphatic heterocycles. The molecule has 1 aromatic rings. The number of carbonyl (C=O) groups excluding carboxylic acids is 2. The molecule has 0 heterocycles. The number of esters is 1. The van der Waals surface area contributed by atoms with E-state index < -0.39 is 69.1 Å². The minimum absolute atomic E-state index is 0.149. The average molecular weight is 637 g/mol. The molecule has 0 bridgehead atoms. The number of hydrogen-bond acceptors (Lipinski definition) is 9. The number of carbonyl (C=O) groups is 2. The maximum Gasteiger partial charge on any atom is 0.450 e. The van der Waals surface area contributed by atoms with E-state index in [0.29, 0.717) is 18.6 Å². The van der Waals surface area contributed by atoms with Crippen molar-refractivity contribution in [3.05, 3.63) is 24.3 Å². The number of alkyl halides is 6. The fourth-order valence-corrected chi connectivity index (χ4v) is 5.16. The molecule has 226 valence electrons. The predicted molar refractivity (Wildman–Crippen MR) is 126 cm³/mol. The Balaban J connectivity index is 3.01. The Morgan fingerprint density at radius 1 is 0.846 bits per heavy atom. The lowest BCUT2D eigenvalue weighted by Crippen LogP contribution is -2.61. The second-order valence-corrected chi connectivity index (χ2v) is 15.4. The third-order valence-electron chi connectivity index (χ3n) is 5.38. The zero-order chi connectivity index (χ0) is 30.9. The van der Waals surface area contributed by atoms with Crippen LogP contribution in [0, 0.1) is 5.41 Å². The predicted octanol–water partition coefficient (Wildman–Crippen LogP) is 4.64. The summed E-state index contributed by atoms with van der Waals surface area (Å²) in [5.74, 6) is -8.75. The van der Waals surface area contributed by atoms with Crippen LogP contribution in [0.15, 0.2) is 29.2 Å². The van der Waals surface area contributed by atoms with Crippen LogP contribution in [0.4, 0.5) is 31.1 Å². The maximum absolute atomic E-state index is 13.9. The maximum atomic E-state index is 13.9. The average Bonchev–Trinajstić information content (AvgIpc) is 2.80. The quantitative estimate of drug-likeness (QED) is 0.113. The summed E-state index contributed by atoms with van der Waals surface area (Å²) < 4.78 is 148. The van der Waals surface area contributed by atoms with Crippen molar-refractivity contribution in [1.82, 2.24) is 0 Å². The molecule has 0 spiro atoms. The monoisotopic (exact) mass is 636 g/mol. The molecule has 0 unspecified atom stereocenters. The molecule has 0 aliphatic rings. The molecule has 0 aromatic heterocycles. The van der Waals surface area contributed by atoms with Gasteiger partial charge in [-0.15, -0.1) is 10.0 Å². The Bertz CT molecular complexity index is 1280. The van der Waals surface area contributed by atoms with Crippen molar-refractivity contribution in [2.75, 3.05) is 25.7 Å². The highest BCUT2D eigenvalue weighted by Crippen LogP contribution is 2.52. The standard InChI is InChI=1S/C20H26F6O10S3/c1-6-17(2,3)15(27)34-11-12-35-16(28)37(4,5)14-9-7-13(8-10-14)36-39(32,33)20(25,26)18(21,22)19(23,24)38(29,30)31/h7-10H,6,11-12H2,1-5H3,(H,29,30,31). The highest BCUT2D eigenvalue weighted by Gasteiger charge is 2.83. The van der Waals surface area contributed by atoms with Gasteiger partial charge in [-0.2, -0.15) is 43.2 Å². The molecule has 1 aromatic carbocycles. The normalized spacial score (nSPS) is 14.5.